The van der Waals surface area contributed by atoms with Gasteiger partial charge in [-0.3, -0.25) is 0 Å². The highest BCUT2D eigenvalue weighted by Gasteiger charge is 2.40. The number of hydrogen-bond acceptors (Lipinski definition) is 5. The molecule has 0 radical (unpaired) electrons. The molecule has 41 heavy (non-hydrogen) atoms. The first-order chi connectivity index (χ1) is 19.9. The first-order valence-electron chi connectivity index (χ1n) is 12.9. The Morgan fingerprint density at radius 2 is 1.49 bits per heavy atom. The number of halogens is 5. The molecule has 0 saturated carbocycles. The van der Waals surface area contributed by atoms with E-state index in [2.05, 4.69) is 35.7 Å². The smallest absolute Gasteiger partial charge is 0.387 e. The summed E-state index contributed by atoms with van der Waals surface area (Å²) in [7, 11) is 0. The fraction of sp³-hybridized carbons (Fsp3) is 0.194. The van der Waals surface area contributed by atoms with Gasteiger partial charge in [0.25, 0.3) is 0 Å². The van der Waals surface area contributed by atoms with Crippen LogP contribution in [0.1, 0.15) is 42.0 Å². The number of benzene rings is 3. The molecule has 0 fully saturated rings. The fourth-order valence-electron chi connectivity index (χ4n) is 5.33. The number of thioether (sulfide) groups is 1. The third kappa shape index (κ3) is 5.94. The molecule has 3 aliphatic rings. The number of hydrogen-bond donors (Lipinski definition) is 0. The minimum absolute atomic E-state index is 0.102. The van der Waals surface area contributed by atoms with Crippen LogP contribution in [0, 0.1) is 0 Å². The highest BCUT2D eigenvalue weighted by Crippen LogP contribution is 2.51. The van der Waals surface area contributed by atoms with Crippen molar-refractivity contribution in [1.82, 2.24) is 4.90 Å². The Bertz CT molecular complexity index is 1550. The Hall–Kier alpha value is -3.50. The second kappa shape index (κ2) is 11.8. The highest BCUT2D eigenvalue weighted by molar-refractivity contribution is 9.10. The van der Waals surface area contributed by atoms with Gasteiger partial charge in [0.05, 0.1) is 17.4 Å². The zero-order valence-electron chi connectivity index (χ0n) is 21.4. The third-order valence-corrected chi connectivity index (χ3v) is 8.41. The van der Waals surface area contributed by atoms with Crippen molar-refractivity contribution in [1.29, 1.82) is 0 Å². The van der Waals surface area contributed by atoms with E-state index in [1.807, 2.05) is 42.5 Å². The lowest BCUT2D eigenvalue weighted by Crippen LogP contribution is -2.34. The maximum Gasteiger partial charge on any atom is 0.387 e. The van der Waals surface area contributed by atoms with Gasteiger partial charge in [-0.25, -0.2) is 4.99 Å². The van der Waals surface area contributed by atoms with Crippen molar-refractivity contribution in [2.24, 2.45) is 4.99 Å². The van der Waals surface area contributed by atoms with Crippen molar-refractivity contribution < 1.29 is 27.0 Å². The van der Waals surface area contributed by atoms with Crippen LogP contribution in [0.15, 0.2) is 105 Å². The van der Waals surface area contributed by atoms with E-state index in [1.54, 1.807) is 36.0 Å². The lowest BCUT2D eigenvalue weighted by molar-refractivity contribution is -0.0505. The molecule has 210 valence electrons. The number of allylic oxidation sites excluding steroid dienone is 1. The molecule has 2 heterocycles. The van der Waals surface area contributed by atoms with E-state index in [1.165, 1.54) is 12.1 Å². The molecular formula is C31H23BrF4N2O2S. The predicted octanol–water partition coefficient (Wildman–Crippen LogP) is 9.63. The summed E-state index contributed by atoms with van der Waals surface area (Å²) < 4.78 is 60.9. The fourth-order valence-corrected chi connectivity index (χ4v) is 6.52. The van der Waals surface area contributed by atoms with Crippen LogP contribution in [0.3, 0.4) is 0 Å². The van der Waals surface area contributed by atoms with Crippen LogP contribution in [0.2, 0.25) is 0 Å². The van der Waals surface area contributed by atoms with E-state index < -0.39 is 13.2 Å². The van der Waals surface area contributed by atoms with E-state index in [0.717, 1.165) is 68.1 Å². The Kier molecular flexibility index (Phi) is 7.94. The predicted molar refractivity (Wildman–Crippen MR) is 157 cm³/mol. The standard InChI is InChI=1S/C31H23BrF4N2O2S/c32-22-10-6-19(7-11-22)26-17-41-31-37-27-21(16-18-4-12-23(13-5-18)39-29(33)34)2-1-3-25(27)28(38(26)31)20-8-14-24(15-9-20)40-30(35)36/h4-17,28-30H,1-3H2. The van der Waals surface area contributed by atoms with Crippen LogP contribution in [0.25, 0.3) is 11.8 Å². The summed E-state index contributed by atoms with van der Waals surface area (Å²) >= 11 is 5.05. The molecule has 0 amide bonds. The summed E-state index contributed by atoms with van der Waals surface area (Å²) in [6.07, 6.45) is 4.58. The number of nitrogens with zero attached hydrogens (tertiary/aromatic N) is 2. The zero-order chi connectivity index (χ0) is 28.5. The van der Waals surface area contributed by atoms with Gasteiger partial charge in [0.2, 0.25) is 0 Å². The number of ether oxygens (including phenoxy) is 2. The largest absolute Gasteiger partial charge is 0.435 e. The molecular weight excluding hydrogens is 620 g/mol. The summed E-state index contributed by atoms with van der Waals surface area (Å²) in [5, 5.41) is 2.92. The maximum absolute atomic E-state index is 12.8. The summed E-state index contributed by atoms with van der Waals surface area (Å²) in [6, 6.07) is 21.2. The van der Waals surface area contributed by atoms with Gasteiger partial charge < -0.3 is 14.4 Å². The van der Waals surface area contributed by atoms with Crippen LogP contribution in [0.5, 0.6) is 11.5 Å². The molecule has 3 aromatic rings. The lowest BCUT2D eigenvalue weighted by atomic mass is 9.82. The molecule has 0 N–H and O–H groups in total. The lowest BCUT2D eigenvalue weighted by Gasteiger charge is -2.40. The van der Waals surface area contributed by atoms with Gasteiger partial charge in [-0.1, -0.05) is 64.1 Å². The molecule has 2 aliphatic heterocycles. The Morgan fingerprint density at radius 3 is 2.12 bits per heavy atom. The van der Waals surface area contributed by atoms with Crippen molar-refractivity contribution >= 4 is 44.6 Å². The van der Waals surface area contributed by atoms with Crippen molar-refractivity contribution in [2.75, 3.05) is 0 Å². The topological polar surface area (TPSA) is 34.1 Å². The summed E-state index contributed by atoms with van der Waals surface area (Å²) in [6.45, 7) is -5.77. The van der Waals surface area contributed by atoms with Crippen molar-refractivity contribution in [3.63, 3.8) is 0 Å². The van der Waals surface area contributed by atoms with E-state index in [0.29, 0.717) is 0 Å². The minimum Gasteiger partial charge on any atom is -0.435 e. The molecule has 1 unspecified atom stereocenters. The van der Waals surface area contributed by atoms with Gasteiger partial charge in [0.1, 0.15) is 11.5 Å². The van der Waals surface area contributed by atoms with Crippen molar-refractivity contribution in [2.45, 2.75) is 38.5 Å². The molecule has 6 rings (SSSR count). The van der Waals surface area contributed by atoms with Gasteiger partial charge in [0, 0.05) is 9.88 Å². The van der Waals surface area contributed by atoms with Crippen LogP contribution in [-0.2, 0) is 0 Å². The molecule has 4 nitrogen and oxygen atoms in total. The first kappa shape index (κ1) is 27.7. The molecule has 0 saturated heterocycles. The second-order valence-electron chi connectivity index (χ2n) is 9.59. The van der Waals surface area contributed by atoms with E-state index >= 15 is 0 Å². The second-order valence-corrected chi connectivity index (χ2v) is 11.3. The molecule has 3 aromatic carbocycles. The SMILES string of the molecule is FC(F)Oc1ccc(C=C2CCCC3=C2N=C2SC=C(c4ccc(Br)cc4)N2C3c2ccc(OC(F)F)cc2)cc1. The van der Waals surface area contributed by atoms with Gasteiger partial charge >= 0.3 is 13.2 Å². The van der Waals surface area contributed by atoms with Crippen molar-refractivity contribution in [3.05, 3.63) is 116 Å². The van der Waals surface area contributed by atoms with Gasteiger partial charge in [-0.05, 0) is 89.6 Å². The molecule has 0 bridgehead atoms. The highest BCUT2D eigenvalue weighted by atomic mass is 79.9. The van der Waals surface area contributed by atoms with Gasteiger partial charge in [0.15, 0.2) is 5.17 Å². The number of aliphatic imine (C=N–C) groups is 1. The van der Waals surface area contributed by atoms with E-state index in [4.69, 9.17) is 4.99 Å². The Balaban J connectivity index is 1.41. The number of alkyl halides is 4. The number of rotatable bonds is 7. The van der Waals surface area contributed by atoms with Crippen LogP contribution < -0.4 is 9.47 Å². The monoisotopic (exact) mass is 642 g/mol. The quantitative estimate of drug-likeness (QED) is 0.240. The molecule has 1 atom stereocenters. The average molecular weight is 644 g/mol. The summed E-state index contributed by atoms with van der Waals surface area (Å²) in [5.74, 6) is 0.207. The molecule has 0 spiro atoms. The van der Waals surface area contributed by atoms with E-state index in [-0.39, 0.29) is 17.5 Å². The minimum atomic E-state index is -2.90. The molecule has 0 aromatic heterocycles. The van der Waals surface area contributed by atoms with Crippen LogP contribution >= 0.6 is 27.7 Å². The number of fused-ring (bicyclic) bond motifs is 1. The normalized spacial score (nSPS) is 19.3. The Labute approximate surface area is 247 Å². The van der Waals surface area contributed by atoms with Crippen molar-refractivity contribution in [3.8, 4) is 11.5 Å². The summed E-state index contributed by atoms with van der Waals surface area (Å²) in [5.41, 5.74) is 6.94. The van der Waals surface area contributed by atoms with Gasteiger partial charge in [-0.2, -0.15) is 17.6 Å². The Morgan fingerprint density at radius 1 is 0.854 bits per heavy atom. The van der Waals surface area contributed by atoms with E-state index in [9.17, 15) is 17.6 Å². The maximum atomic E-state index is 12.8. The molecule has 1 aliphatic carbocycles. The average Bonchev–Trinajstić information content (AvgIpc) is 3.37. The third-order valence-electron chi connectivity index (χ3n) is 7.05. The molecule has 10 heteroatoms. The zero-order valence-corrected chi connectivity index (χ0v) is 23.8. The first-order valence-corrected chi connectivity index (χ1v) is 14.6. The van der Waals surface area contributed by atoms with Gasteiger partial charge in [-0.15, -0.1) is 0 Å². The van der Waals surface area contributed by atoms with Crippen LogP contribution in [-0.4, -0.2) is 23.3 Å². The number of amidine groups is 1. The summed E-state index contributed by atoms with van der Waals surface area (Å²) in [4.78, 5) is 7.35. The van der Waals surface area contributed by atoms with Crippen LogP contribution in [0.4, 0.5) is 17.6 Å².